The number of piperidine rings is 1. The van der Waals surface area contributed by atoms with Crippen molar-refractivity contribution >= 4 is 11.9 Å². The van der Waals surface area contributed by atoms with Gasteiger partial charge in [-0.05, 0) is 27.7 Å². The number of Topliss-reactive ketones (excluding diaryl/α,β-unsaturated/α-hetero) is 1. The van der Waals surface area contributed by atoms with Crippen LogP contribution in [0.4, 0.5) is 4.79 Å². The Hall–Kier alpha value is -1.06. The molecule has 0 N–H and O–H groups in total. The molecule has 1 saturated heterocycles. The van der Waals surface area contributed by atoms with Crippen LogP contribution < -0.4 is 0 Å². The largest absolute Gasteiger partial charge is 0.447 e. The van der Waals surface area contributed by atoms with Crippen LogP contribution in [0.2, 0.25) is 0 Å². The van der Waals surface area contributed by atoms with Gasteiger partial charge < -0.3 is 9.64 Å². The van der Waals surface area contributed by atoms with E-state index in [1.54, 1.807) is 4.90 Å². The molecule has 0 aromatic rings. The molecule has 1 aliphatic heterocycles. The van der Waals surface area contributed by atoms with Crippen molar-refractivity contribution in [2.24, 2.45) is 0 Å². The molecule has 0 radical (unpaired) electrons. The molecule has 0 aromatic heterocycles. The summed E-state index contributed by atoms with van der Waals surface area (Å²) in [5.41, 5.74) is 0. The van der Waals surface area contributed by atoms with E-state index in [1.165, 1.54) is 0 Å². The van der Waals surface area contributed by atoms with Crippen molar-refractivity contribution in [2.75, 3.05) is 0 Å². The monoisotopic (exact) mass is 213 g/mol. The first-order valence-electron chi connectivity index (χ1n) is 5.42. The Balaban J connectivity index is 2.66. The van der Waals surface area contributed by atoms with Crippen LogP contribution >= 0.6 is 0 Å². The average Bonchev–Trinajstić information content (AvgIpc) is 1.99. The maximum atomic E-state index is 11.7. The Morgan fingerprint density at radius 3 is 2.20 bits per heavy atom. The lowest BCUT2D eigenvalue weighted by Gasteiger charge is -2.37. The molecule has 0 unspecified atom stereocenters. The summed E-state index contributed by atoms with van der Waals surface area (Å²) in [6, 6.07) is -0.0972. The molecule has 15 heavy (non-hydrogen) atoms. The summed E-state index contributed by atoms with van der Waals surface area (Å²) in [5, 5.41) is 0. The van der Waals surface area contributed by atoms with E-state index in [0.29, 0.717) is 12.8 Å². The number of carbonyl (C=O) groups is 2. The zero-order chi connectivity index (χ0) is 11.6. The van der Waals surface area contributed by atoms with Gasteiger partial charge in [-0.2, -0.15) is 0 Å². The molecule has 4 heteroatoms. The van der Waals surface area contributed by atoms with Crippen molar-refractivity contribution in [1.82, 2.24) is 4.90 Å². The first kappa shape index (κ1) is 12.0. The van der Waals surface area contributed by atoms with Crippen LogP contribution in [0, 0.1) is 0 Å². The molecule has 0 bridgehead atoms. The van der Waals surface area contributed by atoms with E-state index < -0.39 is 0 Å². The van der Waals surface area contributed by atoms with Crippen molar-refractivity contribution in [2.45, 2.75) is 58.7 Å². The Morgan fingerprint density at radius 1 is 1.33 bits per heavy atom. The molecule has 1 amide bonds. The van der Waals surface area contributed by atoms with Gasteiger partial charge in [-0.15, -0.1) is 0 Å². The third kappa shape index (κ3) is 2.94. The molecule has 1 aliphatic rings. The van der Waals surface area contributed by atoms with E-state index in [1.807, 2.05) is 27.7 Å². The molecule has 0 aliphatic carbocycles. The second-order valence-electron chi connectivity index (χ2n) is 4.48. The van der Waals surface area contributed by atoms with Crippen LogP contribution in [-0.4, -0.2) is 35.0 Å². The van der Waals surface area contributed by atoms with Crippen molar-refractivity contribution < 1.29 is 14.3 Å². The number of hydrogen-bond acceptors (Lipinski definition) is 3. The minimum atomic E-state index is -0.308. The molecular formula is C11H19NO3. The maximum absolute atomic E-state index is 11.7. The predicted octanol–water partition coefficient (Wildman–Crippen LogP) is 1.97. The Bertz CT molecular complexity index is 249. The molecule has 0 aromatic carbocycles. The fourth-order valence-corrected chi connectivity index (χ4v) is 2.00. The maximum Gasteiger partial charge on any atom is 0.410 e. The first-order valence-corrected chi connectivity index (χ1v) is 5.42. The lowest BCUT2D eigenvalue weighted by Crippen LogP contribution is -2.50. The SMILES string of the molecule is CC(C)OC(=O)N1[C@H](C)CC(=O)C[C@@H]1C. The highest BCUT2D eigenvalue weighted by Crippen LogP contribution is 2.21. The van der Waals surface area contributed by atoms with Crippen LogP contribution in [0.15, 0.2) is 0 Å². The van der Waals surface area contributed by atoms with Crippen LogP contribution in [-0.2, 0) is 9.53 Å². The lowest BCUT2D eigenvalue weighted by atomic mass is 9.97. The lowest BCUT2D eigenvalue weighted by molar-refractivity contribution is -0.124. The van der Waals surface area contributed by atoms with Gasteiger partial charge in [0.2, 0.25) is 0 Å². The molecule has 0 saturated carbocycles. The van der Waals surface area contributed by atoms with Gasteiger partial charge in [-0.25, -0.2) is 4.79 Å². The number of ether oxygens (including phenoxy) is 1. The quantitative estimate of drug-likeness (QED) is 0.669. The highest BCUT2D eigenvalue weighted by molar-refractivity contribution is 5.82. The molecule has 1 fully saturated rings. The Kier molecular flexibility index (Phi) is 3.72. The van der Waals surface area contributed by atoms with Crippen molar-refractivity contribution in [3.05, 3.63) is 0 Å². The summed E-state index contributed by atoms with van der Waals surface area (Å²) < 4.78 is 5.14. The standard InChI is InChI=1S/C11H19NO3/c1-7(2)15-11(14)12-8(3)5-10(13)6-9(12)4/h7-9H,5-6H2,1-4H3/t8-,9+. The van der Waals surface area contributed by atoms with Gasteiger partial charge in [0.25, 0.3) is 0 Å². The normalized spacial score (nSPS) is 27.0. The van der Waals surface area contributed by atoms with Crippen LogP contribution in [0.5, 0.6) is 0 Å². The first-order chi connectivity index (χ1) is 6.91. The molecule has 4 nitrogen and oxygen atoms in total. The Morgan fingerprint density at radius 2 is 1.80 bits per heavy atom. The Labute approximate surface area is 90.6 Å². The van der Waals surface area contributed by atoms with Gasteiger partial charge in [-0.1, -0.05) is 0 Å². The van der Waals surface area contributed by atoms with Crippen LogP contribution in [0.1, 0.15) is 40.5 Å². The number of hydrogen-bond donors (Lipinski definition) is 0. The fraction of sp³-hybridized carbons (Fsp3) is 0.818. The zero-order valence-corrected chi connectivity index (χ0v) is 9.82. The second-order valence-corrected chi connectivity index (χ2v) is 4.48. The van der Waals surface area contributed by atoms with Crippen LogP contribution in [0.3, 0.4) is 0 Å². The topological polar surface area (TPSA) is 46.6 Å². The second kappa shape index (κ2) is 4.64. The highest BCUT2D eigenvalue weighted by atomic mass is 16.6. The number of nitrogens with zero attached hydrogens (tertiary/aromatic N) is 1. The molecule has 1 heterocycles. The summed E-state index contributed by atoms with van der Waals surface area (Å²) in [4.78, 5) is 24.7. The van der Waals surface area contributed by atoms with E-state index in [-0.39, 0.29) is 30.1 Å². The van der Waals surface area contributed by atoms with E-state index in [2.05, 4.69) is 0 Å². The summed E-state index contributed by atoms with van der Waals surface area (Å²) in [6.45, 7) is 7.41. The number of likely N-dealkylation sites (tertiary alicyclic amines) is 1. The number of amides is 1. The molecule has 0 spiro atoms. The molecular weight excluding hydrogens is 194 g/mol. The van der Waals surface area contributed by atoms with Crippen LogP contribution in [0.25, 0.3) is 0 Å². The molecule has 2 atom stereocenters. The zero-order valence-electron chi connectivity index (χ0n) is 9.82. The van der Waals surface area contributed by atoms with E-state index >= 15 is 0 Å². The average molecular weight is 213 g/mol. The molecule has 86 valence electrons. The number of carbonyl (C=O) groups excluding carboxylic acids is 2. The molecule has 1 rings (SSSR count). The summed E-state index contributed by atoms with van der Waals surface area (Å²) in [6.07, 6.45) is 0.460. The van der Waals surface area contributed by atoms with E-state index in [9.17, 15) is 9.59 Å². The van der Waals surface area contributed by atoms with Crippen molar-refractivity contribution in [3.63, 3.8) is 0 Å². The van der Waals surface area contributed by atoms with Gasteiger partial charge in [-0.3, -0.25) is 4.79 Å². The van der Waals surface area contributed by atoms with Crippen molar-refractivity contribution in [3.8, 4) is 0 Å². The summed E-state index contributed by atoms with van der Waals surface area (Å²) >= 11 is 0. The van der Waals surface area contributed by atoms with Gasteiger partial charge in [0.1, 0.15) is 5.78 Å². The van der Waals surface area contributed by atoms with Crippen molar-refractivity contribution in [1.29, 1.82) is 0 Å². The minimum absolute atomic E-state index is 0.0486. The van der Waals surface area contributed by atoms with Gasteiger partial charge >= 0.3 is 6.09 Å². The van der Waals surface area contributed by atoms with Gasteiger partial charge in [0.05, 0.1) is 6.10 Å². The summed E-state index contributed by atoms with van der Waals surface area (Å²) in [5.74, 6) is 0.226. The predicted molar refractivity (Wildman–Crippen MR) is 56.6 cm³/mol. The van der Waals surface area contributed by atoms with Gasteiger partial charge in [0, 0.05) is 24.9 Å². The fourth-order valence-electron chi connectivity index (χ4n) is 2.00. The number of ketones is 1. The number of rotatable bonds is 1. The summed E-state index contributed by atoms with van der Waals surface area (Å²) in [7, 11) is 0. The third-order valence-corrected chi connectivity index (χ3v) is 2.54. The van der Waals surface area contributed by atoms with E-state index in [4.69, 9.17) is 4.74 Å². The van der Waals surface area contributed by atoms with E-state index in [0.717, 1.165) is 0 Å². The minimum Gasteiger partial charge on any atom is -0.447 e. The smallest absolute Gasteiger partial charge is 0.410 e. The highest BCUT2D eigenvalue weighted by Gasteiger charge is 2.34. The third-order valence-electron chi connectivity index (χ3n) is 2.54. The van der Waals surface area contributed by atoms with Gasteiger partial charge in [0.15, 0.2) is 0 Å².